The Kier molecular flexibility index (Phi) is 6.05. The fourth-order valence-electron chi connectivity index (χ4n) is 4.95. The van der Waals surface area contributed by atoms with Crippen molar-refractivity contribution in [1.29, 1.82) is 0 Å². The molecule has 0 radical (unpaired) electrons. The van der Waals surface area contributed by atoms with Gasteiger partial charge in [-0.15, -0.1) is 0 Å². The maximum atomic E-state index is 13.5. The van der Waals surface area contributed by atoms with Crippen molar-refractivity contribution in [3.05, 3.63) is 52.3 Å². The monoisotopic (exact) mass is 399 g/mol. The number of hydrogen-bond donors (Lipinski definition) is 0. The molecule has 0 bridgehead atoms. The predicted octanol–water partition coefficient (Wildman–Crippen LogP) is 5.45. The van der Waals surface area contributed by atoms with Gasteiger partial charge in [-0.2, -0.15) is 5.10 Å². The highest BCUT2D eigenvalue weighted by Crippen LogP contribution is 2.37. The van der Waals surface area contributed by atoms with E-state index < -0.39 is 0 Å². The quantitative estimate of drug-likeness (QED) is 0.670. The van der Waals surface area contributed by atoms with Crippen molar-refractivity contribution >= 4 is 17.5 Å². The molecular formula is C23H30ClN3O. The number of hydrogen-bond acceptors (Lipinski definition) is 2. The number of aryl methyl sites for hydroxylation is 2. The third-order valence-electron chi connectivity index (χ3n) is 6.40. The molecule has 1 amide bonds. The van der Waals surface area contributed by atoms with Crippen LogP contribution in [0.3, 0.4) is 0 Å². The van der Waals surface area contributed by atoms with Crippen molar-refractivity contribution in [2.24, 2.45) is 13.0 Å². The maximum Gasteiger partial charge on any atom is 0.223 e. The van der Waals surface area contributed by atoms with Crippen LogP contribution in [0.5, 0.6) is 0 Å². The van der Waals surface area contributed by atoms with Crippen LogP contribution in [-0.4, -0.2) is 20.6 Å². The first kappa shape index (κ1) is 19.5. The second-order valence-corrected chi connectivity index (χ2v) is 8.84. The lowest BCUT2D eigenvalue weighted by Crippen LogP contribution is -2.37. The molecule has 0 N–H and O–H groups in total. The maximum absolute atomic E-state index is 13.5. The van der Waals surface area contributed by atoms with Crippen LogP contribution in [0.25, 0.3) is 0 Å². The highest BCUT2D eigenvalue weighted by molar-refractivity contribution is 6.31. The van der Waals surface area contributed by atoms with E-state index in [1.54, 1.807) is 4.68 Å². The molecule has 0 saturated heterocycles. The van der Waals surface area contributed by atoms with E-state index >= 15 is 0 Å². The van der Waals surface area contributed by atoms with E-state index in [2.05, 4.69) is 34.3 Å². The van der Waals surface area contributed by atoms with E-state index in [-0.39, 0.29) is 11.9 Å². The number of carbonyl (C=O) groups is 1. The summed E-state index contributed by atoms with van der Waals surface area (Å²) in [5.41, 5.74) is 3.48. The molecule has 28 heavy (non-hydrogen) atoms. The highest BCUT2D eigenvalue weighted by atomic mass is 35.5. The zero-order valence-corrected chi connectivity index (χ0v) is 17.5. The third-order valence-corrected chi connectivity index (χ3v) is 6.71. The van der Waals surface area contributed by atoms with Gasteiger partial charge >= 0.3 is 0 Å². The van der Waals surface area contributed by atoms with Gasteiger partial charge in [-0.3, -0.25) is 9.48 Å². The normalized spacial score (nSPS) is 20.0. The van der Waals surface area contributed by atoms with Crippen LogP contribution in [0.15, 0.2) is 30.5 Å². The molecule has 2 aromatic rings. The smallest absolute Gasteiger partial charge is 0.223 e. The topological polar surface area (TPSA) is 38.1 Å². The Morgan fingerprint density at radius 2 is 1.96 bits per heavy atom. The van der Waals surface area contributed by atoms with E-state index in [0.717, 1.165) is 25.0 Å². The van der Waals surface area contributed by atoms with Gasteiger partial charge in [0.2, 0.25) is 5.91 Å². The van der Waals surface area contributed by atoms with E-state index in [0.29, 0.717) is 23.9 Å². The lowest BCUT2D eigenvalue weighted by molar-refractivity contribution is -0.136. The van der Waals surface area contributed by atoms with Crippen molar-refractivity contribution in [3.63, 3.8) is 0 Å². The fourth-order valence-corrected chi connectivity index (χ4v) is 5.19. The first-order valence-electron chi connectivity index (χ1n) is 10.7. The van der Waals surface area contributed by atoms with Gasteiger partial charge in [-0.25, -0.2) is 0 Å². The van der Waals surface area contributed by atoms with Gasteiger partial charge in [-0.05, 0) is 49.1 Å². The summed E-state index contributed by atoms with van der Waals surface area (Å²) < 4.78 is 1.73. The molecule has 150 valence electrons. The van der Waals surface area contributed by atoms with Crippen LogP contribution in [0, 0.1) is 5.92 Å². The first-order chi connectivity index (χ1) is 13.6. The molecule has 2 aliphatic carbocycles. The SMILES string of the molecule is Cn1cc(Cl)c(CN(C(=O)CC2CCCCC2)[C@@H]2CCCc3ccccc32)n1. The molecule has 0 unspecified atom stereocenters. The molecule has 1 aromatic heterocycles. The van der Waals surface area contributed by atoms with Crippen molar-refractivity contribution in [3.8, 4) is 0 Å². The Hall–Kier alpha value is -1.81. The van der Waals surface area contributed by atoms with Crippen LogP contribution < -0.4 is 0 Å². The average Bonchev–Trinajstić information content (AvgIpc) is 3.03. The fraction of sp³-hybridized carbons (Fsp3) is 0.565. The van der Waals surface area contributed by atoms with Gasteiger partial charge in [0.1, 0.15) is 5.69 Å². The zero-order chi connectivity index (χ0) is 19.5. The molecule has 0 spiro atoms. The first-order valence-corrected chi connectivity index (χ1v) is 11.0. The minimum atomic E-state index is 0.124. The average molecular weight is 400 g/mol. The van der Waals surface area contributed by atoms with Crippen LogP contribution in [-0.2, 0) is 24.8 Å². The molecule has 1 saturated carbocycles. The Morgan fingerprint density at radius 3 is 2.71 bits per heavy atom. The summed E-state index contributed by atoms with van der Waals surface area (Å²) in [4.78, 5) is 15.6. The van der Waals surface area contributed by atoms with Crippen molar-refractivity contribution < 1.29 is 4.79 Å². The summed E-state index contributed by atoms with van der Waals surface area (Å²) in [7, 11) is 1.87. The van der Waals surface area contributed by atoms with Crippen molar-refractivity contribution in [2.45, 2.75) is 70.4 Å². The second-order valence-electron chi connectivity index (χ2n) is 8.43. The number of rotatable bonds is 5. The summed E-state index contributed by atoms with van der Waals surface area (Å²) in [5.74, 6) is 0.789. The molecule has 0 aliphatic heterocycles. The Balaban J connectivity index is 1.61. The molecular weight excluding hydrogens is 370 g/mol. The molecule has 1 atom stereocenters. The van der Waals surface area contributed by atoms with E-state index in [1.807, 2.05) is 13.2 Å². The van der Waals surface area contributed by atoms with Crippen LogP contribution in [0.4, 0.5) is 0 Å². The molecule has 2 aliphatic rings. The number of aromatic nitrogens is 2. The van der Waals surface area contributed by atoms with Gasteiger partial charge in [0.25, 0.3) is 0 Å². The molecule has 1 heterocycles. The number of nitrogens with zero attached hydrogens (tertiary/aromatic N) is 3. The molecule has 1 aromatic carbocycles. The van der Waals surface area contributed by atoms with Gasteiger partial charge in [0, 0.05) is 19.7 Å². The van der Waals surface area contributed by atoms with Gasteiger partial charge in [0.15, 0.2) is 0 Å². The second kappa shape index (κ2) is 8.69. The summed E-state index contributed by atoms with van der Waals surface area (Å²) in [5, 5.41) is 5.16. The number of fused-ring (bicyclic) bond motifs is 1. The van der Waals surface area contributed by atoms with Crippen molar-refractivity contribution in [1.82, 2.24) is 14.7 Å². The summed E-state index contributed by atoms with van der Waals surface area (Å²) >= 11 is 6.40. The number of halogens is 1. The number of carbonyl (C=O) groups excluding carboxylic acids is 1. The predicted molar refractivity (Wildman–Crippen MR) is 112 cm³/mol. The highest BCUT2D eigenvalue weighted by Gasteiger charge is 2.31. The largest absolute Gasteiger partial charge is 0.330 e. The summed E-state index contributed by atoms with van der Waals surface area (Å²) in [6, 6.07) is 8.72. The summed E-state index contributed by atoms with van der Waals surface area (Å²) in [6.07, 6.45) is 11.9. The molecule has 5 heteroatoms. The molecule has 4 nitrogen and oxygen atoms in total. The van der Waals surface area contributed by atoms with E-state index in [9.17, 15) is 4.79 Å². The Bertz CT molecular complexity index is 825. The lowest BCUT2D eigenvalue weighted by Gasteiger charge is -2.37. The van der Waals surface area contributed by atoms with Gasteiger partial charge in [0.05, 0.1) is 17.6 Å². The Labute approximate surface area is 172 Å². The Morgan fingerprint density at radius 1 is 1.18 bits per heavy atom. The summed E-state index contributed by atoms with van der Waals surface area (Å²) in [6.45, 7) is 0.490. The third kappa shape index (κ3) is 4.27. The molecule has 1 fully saturated rings. The number of amides is 1. The van der Waals surface area contributed by atoms with E-state index in [1.165, 1.54) is 43.2 Å². The van der Waals surface area contributed by atoms with Crippen LogP contribution in [0.1, 0.15) is 74.2 Å². The van der Waals surface area contributed by atoms with Crippen molar-refractivity contribution in [2.75, 3.05) is 0 Å². The van der Waals surface area contributed by atoms with E-state index in [4.69, 9.17) is 11.6 Å². The minimum Gasteiger partial charge on any atom is -0.330 e. The zero-order valence-electron chi connectivity index (χ0n) is 16.7. The van der Waals surface area contributed by atoms with Crippen LogP contribution >= 0.6 is 11.6 Å². The van der Waals surface area contributed by atoms with Gasteiger partial charge < -0.3 is 4.90 Å². The standard InChI is InChI=1S/C23H30ClN3O/c1-26-15-20(24)21(25-26)16-27(23(28)14-17-8-3-2-4-9-17)22-13-7-11-18-10-5-6-12-19(18)22/h5-6,10,12,15,17,22H,2-4,7-9,11,13-14,16H2,1H3/t22-/m1/s1. The number of benzene rings is 1. The minimum absolute atomic E-state index is 0.124. The molecule has 4 rings (SSSR count). The van der Waals surface area contributed by atoms with Crippen LogP contribution in [0.2, 0.25) is 5.02 Å². The lowest BCUT2D eigenvalue weighted by atomic mass is 9.84. The van der Waals surface area contributed by atoms with Gasteiger partial charge in [-0.1, -0.05) is 55.1 Å².